The molecule has 0 spiro atoms. The lowest BCUT2D eigenvalue weighted by Crippen LogP contribution is -2.07. The number of methoxy groups -OCH3 is 1. The molecule has 1 rings (SSSR count). The highest BCUT2D eigenvalue weighted by atomic mass is 16.5. The van der Waals surface area contributed by atoms with Crippen molar-refractivity contribution in [1.82, 2.24) is 0 Å². The maximum Gasteiger partial charge on any atom is 0.0896 e. The predicted octanol–water partition coefficient (Wildman–Crippen LogP) is -0.00893. The van der Waals surface area contributed by atoms with Crippen LogP contribution >= 0.6 is 0 Å². The first kappa shape index (κ1) is 7.58. The fraction of sp³-hybridized carbons (Fsp3) is 0.111. The van der Waals surface area contributed by atoms with Gasteiger partial charge in [-0.2, -0.15) is 0 Å². The van der Waals surface area contributed by atoms with Gasteiger partial charge in [-0.3, -0.25) is 5.41 Å². The van der Waals surface area contributed by atoms with Gasteiger partial charge in [0.15, 0.2) is 0 Å². The molecule has 1 aromatic rings. The Morgan fingerprint density at radius 2 is 2.00 bits per heavy atom. The van der Waals surface area contributed by atoms with Gasteiger partial charge in [-0.15, -0.1) is 0 Å². The van der Waals surface area contributed by atoms with Crippen LogP contribution in [0.25, 0.3) is 6.26 Å². The van der Waals surface area contributed by atoms with Gasteiger partial charge < -0.3 is 4.74 Å². The van der Waals surface area contributed by atoms with E-state index < -0.39 is 0 Å². The lowest BCUT2D eigenvalue weighted by Gasteiger charge is -1.86. The topological polar surface area (TPSA) is 33.1 Å². The summed E-state index contributed by atoms with van der Waals surface area (Å²) in [6.45, 7) is 0. The molecule has 0 radical (unpaired) electrons. The lowest BCUT2D eigenvalue weighted by molar-refractivity contribution is 0.391. The van der Waals surface area contributed by atoms with E-state index in [2.05, 4.69) is 5.87 Å². The normalized spacial score (nSPS) is 8.45. The average molecular weight is 147 g/mol. The molecule has 0 unspecified atom stereocenters. The third kappa shape index (κ3) is 1.95. The predicted molar refractivity (Wildman–Crippen MR) is 44.0 cm³/mol. The molecule has 0 aliphatic rings. The molecule has 1 aromatic carbocycles. The minimum Gasteiger partial charge on any atom is -0.504 e. The first-order valence-corrected chi connectivity index (χ1v) is 3.25. The molecule has 2 heteroatoms. The first-order chi connectivity index (χ1) is 5.36. The first-order valence-electron chi connectivity index (χ1n) is 3.25. The van der Waals surface area contributed by atoms with E-state index in [1.54, 1.807) is 13.4 Å². The molecule has 0 heterocycles. The van der Waals surface area contributed by atoms with Crippen molar-refractivity contribution in [2.75, 3.05) is 7.11 Å². The van der Waals surface area contributed by atoms with E-state index in [-0.39, 0.29) is 0 Å². The molecule has 0 amide bonds. The Morgan fingerprint density at radius 1 is 1.36 bits per heavy atom. The highest BCUT2D eigenvalue weighted by Gasteiger charge is 1.77. The quantitative estimate of drug-likeness (QED) is 0.557. The molecule has 2 nitrogen and oxygen atoms in total. The van der Waals surface area contributed by atoms with Crippen LogP contribution in [0.1, 0.15) is 0 Å². The van der Waals surface area contributed by atoms with E-state index in [0.717, 1.165) is 10.4 Å². The average Bonchev–Trinajstić information content (AvgIpc) is 2.07. The Kier molecular flexibility index (Phi) is 2.47. The third-order valence-electron chi connectivity index (χ3n) is 1.31. The van der Waals surface area contributed by atoms with Crippen LogP contribution in [-0.2, 0) is 4.74 Å². The molecule has 0 aliphatic heterocycles. The molecule has 0 aromatic heterocycles. The summed E-state index contributed by atoms with van der Waals surface area (Å²) >= 11 is 0. The van der Waals surface area contributed by atoms with Crippen molar-refractivity contribution in [1.29, 1.82) is 5.41 Å². The highest BCUT2D eigenvalue weighted by molar-refractivity contribution is 5.47. The lowest BCUT2D eigenvalue weighted by atomic mass is 10.3. The zero-order valence-electron chi connectivity index (χ0n) is 6.29. The fourth-order valence-electron chi connectivity index (χ4n) is 0.781. The Morgan fingerprint density at radius 3 is 2.45 bits per heavy atom. The van der Waals surface area contributed by atoms with Crippen molar-refractivity contribution >= 4 is 12.1 Å². The van der Waals surface area contributed by atoms with E-state index in [9.17, 15) is 0 Å². The summed E-state index contributed by atoms with van der Waals surface area (Å²) in [7, 11) is 1.61. The fourth-order valence-corrected chi connectivity index (χ4v) is 0.781. The minimum absolute atomic E-state index is 0.776. The van der Waals surface area contributed by atoms with Crippen LogP contribution in [0.4, 0.5) is 0 Å². The molecule has 0 bridgehead atoms. The Bertz CT molecular complexity index is 340. The Balaban J connectivity index is 3.21. The molecular formula is C9H9NO. The standard InChI is InChI=1S/C9H9NO/c1-11-7-9-4-2-8(6-10)3-5-9/h2-5,7,10H,1H3. The van der Waals surface area contributed by atoms with E-state index >= 15 is 0 Å². The molecular weight excluding hydrogens is 138 g/mol. The molecule has 1 N–H and O–H groups in total. The number of nitrogens with one attached hydrogen (secondary N) is 1. The number of hydrogen-bond acceptors (Lipinski definition) is 2. The second-order valence-corrected chi connectivity index (χ2v) is 2.10. The van der Waals surface area contributed by atoms with Gasteiger partial charge in [0.25, 0.3) is 0 Å². The van der Waals surface area contributed by atoms with Crippen molar-refractivity contribution in [3.8, 4) is 0 Å². The second-order valence-electron chi connectivity index (χ2n) is 2.10. The summed E-state index contributed by atoms with van der Waals surface area (Å²) in [6, 6.07) is 7.39. The van der Waals surface area contributed by atoms with Gasteiger partial charge in [0.2, 0.25) is 0 Å². The van der Waals surface area contributed by atoms with E-state index in [0.29, 0.717) is 0 Å². The van der Waals surface area contributed by atoms with Crippen molar-refractivity contribution in [3.05, 3.63) is 34.7 Å². The molecule has 0 saturated carbocycles. The van der Waals surface area contributed by atoms with Crippen molar-refractivity contribution < 1.29 is 4.74 Å². The Hall–Kier alpha value is -1.53. The smallest absolute Gasteiger partial charge is 0.0896 e. The zero-order chi connectivity index (χ0) is 8.10. The van der Waals surface area contributed by atoms with E-state index in [1.807, 2.05) is 24.3 Å². The van der Waals surface area contributed by atoms with Gasteiger partial charge >= 0.3 is 0 Å². The molecule has 0 saturated heterocycles. The number of ether oxygens (including phenoxy) is 1. The number of rotatable bonds is 1. The second kappa shape index (κ2) is 3.59. The van der Waals surface area contributed by atoms with Crippen molar-refractivity contribution in [2.45, 2.75) is 0 Å². The summed E-state index contributed by atoms with van der Waals surface area (Å²) in [5.74, 6) is 2.29. The summed E-state index contributed by atoms with van der Waals surface area (Å²) in [6.07, 6.45) is 1.65. The summed E-state index contributed by atoms with van der Waals surface area (Å²) < 4.78 is 4.81. The Labute approximate surface area is 64.9 Å². The van der Waals surface area contributed by atoms with E-state index in [4.69, 9.17) is 10.1 Å². The van der Waals surface area contributed by atoms with Crippen LogP contribution in [0.5, 0.6) is 0 Å². The van der Waals surface area contributed by atoms with Gasteiger partial charge in [-0.1, -0.05) is 12.1 Å². The molecule has 0 aliphatic carbocycles. The summed E-state index contributed by atoms with van der Waals surface area (Å²) in [4.78, 5) is 0. The zero-order valence-corrected chi connectivity index (χ0v) is 6.29. The van der Waals surface area contributed by atoms with Crippen molar-refractivity contribution in [3.63, 3.8) is 0 Å². The SMILES string of the molecule is COC=c1ccc(=C=N)cc1. The van der Waals surface area contributed by atoms with Crippen LogP contribution in [0, 0.1) is 5.41 Å². The maximum atomic E-state index is 6.82. The van der Waals surface area contributed by atoms with Crippen LogP contribution in [0.3, 0.4) is 0 Å². The maximum absolute atomic E-state index is 6.82. The summed E-state index contributed by atoms with van der Waals surface area (Å²) in [5.41, 5.74) is 0. The van der Waals surface area contributed by atoms with Gasteiger partial charge in [0.1, 0.15) is 0 Å². The van der Waals surface area contributed by atoms with E-state index in [1.165, 1.54) is 0 Å². The summed E-state index contributed by atoms with van der Waals surface area (Å²) in [5, 5.41) is 8.59. The molecule has 0 atom stereocenters. The van der Waals surface area contributed by atoms with Gasteiger partial charge in [-0.25, -0.2) is 0 Å². The molecule has 11 heavy (non-hydrogen) atoms. The highest BCUT2D eigenvalue weighted by Crippen LogP contribution is 1.69. The van der Waals surface area contributed by atoms with Crippen LogP contribution < -0.4 is 10.4 Å². The third-order valence-corrected chi connectivity index (χ3v) is 1.31. The largest absolute Gasteiger partial charge is 0.504 e. The van der Waals surface area contributed by atoms with Crippen LogP contribution in [0.15, 0.2) is 24.3 Å². The number of benzene rings is 1. The van der Waals surface area contributed by atoms with Gasteiger partial charge in [-0.05, 0) is 18.0 Å². The van der Waals surface area contributed by atoms with Crippen LogP contribution in [-0.4, -0.2) is 13.0 Å². The molecule has 56 valence electrons. The van der Waals surface area contributed by atoms with Gasteiger partial charge in [0.05, 0.1) is 13.4 Å². The van der Waals surface area contributed by atoms with Crippen molar-refractivity contribution in [2.24, 2.45) is 0 Å². The van der Waals surface area contributed by atoms with Crippen LogP contribution in [0.2, 0.25) is 0 Å². The van der Waals surface area contributed by atoms with Gasteiger partial charge in [0, 0.05) is 10.4 Å². The monoisotopic (exact) mass is 147 g/mol. The number of hydrogen-bond donors (Lipinski definition) is 1. The molecule has 0 fully saturated rings. The minimum atomic E-state index is 0.776.